The van der Waals surface area contributed by atoms with E-state index in [0.29, 0.717) is 16.1 Å². The molecule has 1 saturated heterocycles. The van der Waals surface area contributed by atoms with E-state index in [0.717, 1.165) is 25.6 Å². The summed E-state index contributed by atoms with van der Waals surface area (Å²) in [7, 11) is 0. The average Bonchev–Trinajstić information content (AvgIpc) is 3.23. The first kappa shape index (κ1) is 14.6. The first-order valence-corrected chi connectivity index (χ1v) is 8.16. The lowest BCUT2D eigenvalue weighted by Crippen LogP contribution is -2.62. The Hall–Kier alpha value is -0.280. The topological polar surface area (TPSA) is 15.3 Å². The molecule has 2 unspecified atom stereocenters. The van der Waals surface area contributed by atoms with Gasteiger partial charge in [-0.1, -0.05) is 29.3 Å². The molecule has 2 aliphatic rings. The molecule has 1 aliphatic carbocycles. The summed E-state index contributed by atoms with van der Waals surface area (Å²) in [5.74, 6) is 0.853. The van der Waals surface area contributed by atoms with Crippen LogP contribution in [0.1, 0.15) is 32.3 Å². The van der Waals surface area contributed by atoms with Crippen molar-refractivity contribution in [2.75, 3.05) is 13.1 Å². The Morgan fingerprint density at radius 3 is 2.70 bits per heavy atom. The van der Waals surface area contributed by atoms with Gasteiger partial charge in [0.25, 0.3) is 0 Å². The Morgan fingerprint density at radius 2 is 2.05 bits per heavy atom. The molecule has 2 atom stereocenters. The van der Waals surface area contributed by atoms with E-state index in [1.165, 1.54) is 18.4 Å². The van der Waals surface area contributed by atoms with E-state index >= 15 is 0 Å². The van der Waals surface area contributed by atoms with Crippen LogP contribution >= 0.6 is 23.2 Å². The summed E-state index contributed by atoms with van der Waals surface area (Å²) in [6.07, 6.45) is 2.75. The first-order chi connectivity index (χ1) is 9.48. The summed E-state index contributed by atoms with van der Waals surface area (Å²) in [5.41, 5.74) is 1.52. The maximum atomic E-state index is 6.12. The Labute approximate surface area is 131 Å². The molecule has 110 valence electrons. The van der Waals surface area contributed by atoms with Crippen molar-refractivity contribution in [3.63, 3.8) is 0 Å². The molecule has 0 bridgehead atoms. The van der Waals surface area contributed by atoms with Gasteiger partial charge in [-0.3, -0.25) is 4.90 Å². The SMILES string of the molecule is CC1CNC(C)(C2CC2)CN1Cc1ccc(Cl)c(Cl)c1. The number of hydrogen-bond acceptors (Lipinski definition) is 2. The molecule has 0 radical (unpaired) electrons. The molecule has 1 aromatic rings. The fourth-order valence-electron chi connectivity index (χ4n) is 3.22. The van der Waals surface area contributed by atoms with Crippen molar-refractivity contribution in [2.45, 2.75) is 44.8 Å². The number of hydrogen-bond donors (Lipinski definition) is 1. The van der Waals surface area contributed by atoms with Crippen LogP contribution in [0.15, 0.2) is 18.2 Å². The minimum Gasteiger partial charge on any atom is -0.308 e. The number of nitrogens with one attached hydrogen (secondary N) is 1. The van der Waals surface area contributed by atoms with Crippen molar-refractivity contribution in [3.8, 4) is 0 Å². The van der Waals surface area contributed by atoms with Gasteiger partial charge in [-0.05, 0) is 50.3 Å². The van der Waals surface area contributed by atoms with E-state index < -0.39 is 0 Å². The van der Waals surface area contributed by atoms with Crippen LogP contribution in [0, 0.1) is 5.92 Å². The summed E-state index contributed by atoms with van der Waals surface area (Å²) in [4.78, 5) is 2.56. The zero-order chi connectivity index (χ0) is 14.3. The summed E-state index contributed by atoms with van der Waals surface area (Å²) in [6, 6.07) is 6.52. The summed E-state index contributed by atoms with van der Waals surface area (Å²) in [5, 5.41) is 5.04. The van der Waals surface area contributed by atoms with Gasteiger partial charge < -0.3 is 5.32 Å². The van der Waals surface area contributed by atoms with Crippen LogP contribution in [0.2, 0.25) is 10.0 Å². The zero-order valence-corrected chi connectivity index (χ0v) is 13.6. The van der Waals surface area contributed by atoms with Gasteiger partial charge in [0, 0.05) is 31.2 Å². The van der Waals surface area contributed by atoms with E-state index in [9.17, 15) is 0 Å². The summed E-state index contributed by atoms with van der Waals surface area (Å²) < 4.78 is 0. The monoisotopic (exact) mass is 312 g/mol. The minimum atomic E-state index is 0.280. The second-order valence-electron chi connectivity index (χ2n) is 6.58. The van der Waals surface area contributed by atoms with Gasteiger partial charge >= 0.3 is 0 Å². The van der Waals surface area contributed by atoms with Crippen molar-refractivity contribution < 1.29 is 0 Å². The van der Waals surface area contributed by atoms with Gasteiger partial charge in [0.05, 0.1) is 10.0 Å². The van der Waals surface area contributed by atoms with Gasteiger partial charge in [-0.25, -0.2) is 0 Å². The van der Waals surface area contributed by atoms with E-state index in [-0.39, 0.29) is 5.54 Å². The highest BCUT2D eigenvalue weighted by Crippen LogP contribution is 2.41. The third-order valence-electron chi connectivity index (χ3n) is 4.80. The molecular formula is C16H22Cl2N2. The quantitative estimate of drug-likeness (QED) is 0.909. The van der Waals surface area contributed by atoms with Gasteiger partial charge in [0.15, 0.2) is 0 Å². The molecule has 3 rings (SSSR count). The van der Waals surface area contributed by atoms with Crippen LogP contribution in [0.4, 0.5) is 0 Å². The third-order valence-corrected chi connectivity index (χ3v) is 5.54. The third kappa shape index (κ3) is 2.99. The van der Waals surface area contributed by atoms with Crippen LogP contribution in [0.5, 0.6) is 0 Å². The summed E-state index contributed by atoms with van der Waals surface area (Å²) >= 11 is 12.1. The Balaban J connectivity index is 1.72. The van der Waals surface area contributed by atoms with Gasteiger partial charge in [-0.2, -0.15) is 0 Å². The van der Waals surface area contributed by atoms with E-state index in [1.807, 2.05) is 12.1 Å². The molecule has 0 spiro atoms. The molecule has 1 N–H and O–H groups in total. The molecule has 0 amide bonds. The Morgan fingerprint density at radius 1 is 1.30 bits per heavy atom. The second kappa shape index (κ2) is 5.49. The maximum absolute atomic E-state index is 6.12. The number of benzene rings is 1. The van der Waals surface area contributed by atoms with Crippen molar-refractivity contribution in [1.29, 1.82) is 0 Å². The maximum Gasteiger partial charge on any atom is 0.0595 e. The smallest absolute Gasteiger partial charge is 0.0595 e. The Bertz CT molecular complexity index is 501. The standard InChI is InChI=1S/C16H22Cl2N2/c1-11-8-19-16(2,13-4-5-13)10-20(11)9-12-3-6-14(17)15(18)7-12/h3,6-7,11,13,19H,4-5,8-10H2,1-2H3. The number of rotatable bonds is 3. The normalized spacial score (nSPS) is 31.5. The molecule has 2 nitrogen and oxygen atoms in total. The number of piperazine rings is 1. The van der Waals surface area contributed by atoms with Gasteiger partial charge in [0.2, 0.25) is 0 Å². The molecular weight excluding hydrogens is 291 g/mol. The highest BCUT2D eigenvalue weighted by atomic mass is 35.5. The molecule has 4 heteroatoms. The van der Waals surface area contributed by atoms with Crippen molar-refractivity contribution in [3.05, 3.63) is 33.8 Å². The highest BCUT2D eigenvalue weighted by molar-refractivity contribution is 6.42. The Kier molecular flexibility index (Phi) is 4.02. The zero-order valence-electron chi connectivity index (χ0n) is 12.1. The lowest BCUT2D eigenvalue weighted by atomic mass is 9.91. The lowest BCUT2D eigenvalue weighted by Gasteiger charge is -2.45. The van der Waals surface area contributed by atoms with Crippen LogP contribution in [0.25, 0.3) is 0 Å². The van der Waals surface area contributed by atoms with Gasteiger partial charge in [-0.15, -0.1) is 0 Å². The lowest BCUT2D eigenvalue weighted by molar-refractivity contribution is 0.0770. The molecule has 1 aliphatic heterocycles. The van der Waals surface area contributed by atoms with Crippen molar-refractivity contribution in [1.82, 2.24) is 10.2 Å². The van der Waals surface area contributed by atoms with E-state index in [1.54, 1.807) is 0 Å². The van der Waals surface area contributed by atoms with Crippen LogP contribution < -0.4 is 5.32 Å². The first-order valence-electron chi connectivity index (χ1n) is 7.41. The predicted octanol–water partition coefficient (Wildman–Crippen LogP) is 3.96. The molecule has 1 heterocycles. The second-order valence-corrected chi connectivity index (χ2v) is 7.39. The van der Waals surface area contributed by atoms with Crippen LogP contribution in [-0.4, -0.2) is 29.6 Å². The minimum absolute atomic E-state index is 0.280. The fraction of sp³-hybridized carbons (Fsp3) is 0.625. The highest BCUT2D eigenvalue weighted by Gasteiger charge is 2.45. The van der Waals surface area contributed by atoms with Crippen molar-refractivity contribution >= 4 is 23.2 Å². The summed E-state index contributed by atoms with van der Waals surface area (Å²) in [6.45, 7) is 7.78. The molecule has 2 fully saturated rings. The van der Waals surface area contributed by atoms with E-state index in [2.05, 4.69) is 30.1 Å². The van der Waals surface area contributed by atoms with Gasteiger partial charge in [0.1, 0.15) is 0 Å². The van der Waals surface area contributed by atoms with E-state index in [4.69, 9.17) is 23.2 Å². The number of nitrogens with zero attached hydrogens (tertiary/aromatic N) is 1. The van der Waals surface area contributed by atoms with Crippen LogP contribution in [-0.2, 0) is 6.54 Å². The fourth-order valence-corrected chi connectivity index (χ4v) is 3.54. The molecule has 0 aromatic heterocycles. The van der Waals surface area contributed by atoms with Crippen LogP contribution in [0.3, 0.4) is 0 Å². The molecule has 20 heavy (non-hydrogen) atoms. The van der Waals surface area contributed by atoms with Crippen molar-refractivity contribution in [2.24, 2.45) is 5.92 Å². The largest absolute Gasteiger partial charge is 0.308 e. The predicted molar refractivity (Wildman–Crippen MR) is 85.5 cm³/mol. The average molecular weight is 313 g/mol. The molecule has 1 aromatic carbocycles. The molecule has 1 saturated carbocycles. The number of halogens is 2.